The highest BCUT2D eigenvalue weighted by atomic mass is 79.9. The number of pyridine rings is 1. The van der Waals surface area contributed by atoms with Gasteiger partial charge in [-0.3, -0.25) is 14.6 Å². The van der Waals surface area contributed by atoms with Gasteiger partial charge in [-0.2, -0.15) is 8.78 Å². The number of aliphatic hydroxyl groups excluding tert-OH is 1. The third-order valence-corrected chi connectivity index (χ3v) is 13.9. The van der Waals surface area contributed by atoms with Crippen LogP contribution in [-0.2, 0) is 33.1 Å². The van der Waals surface area contributed by atoms with Crippen molar-refractivity contribution in [3.8, 4) is 11.1 Å². The van der Waals surface area contributed by atoms with Crippen molar-refractivity contribution < 1.29 is 69.7 Å². The van der Waals surface area contributed by atoms with Gasteiger partial charge in [-0.05, 0) is 143 Å². The average molecular weight is 1170 g/mol. The number of nitrogens with zero attached hydrogens (tertiary/aromatic N) is 4. The van der Waals surface area contributed by atoms with E-state index >= 15 is 0 Å². The molecule has 4 heterocycles. The maximum absolute atomic E-state index is 14.1. The molecule has 7 rings (SSSR count). The summed E-state index contributed by atoms with van der Waals surface area (Å²) in [4.78, 5) is 46.2. The lowest BCUT2D eigenvalue weighted by atomic mass is 9.78. The fourth-order valence-corrected chi connectivity index (χ4v) is 9.09. The molecule has 430 valence electrons. The summed E-state index contributed by atoms with van der Waals surface area (Å²) in [5, 5.41) is 11.9. The lowest BCUT2D eigenvalue weighted by molar-refractivity contribution is -0.133. The summed E-state index contributed by atoms with van der Waals surface area (Å²) in [5.41, 5.74) is 0.0920. The molecule has 22 heteroatoms. The van der Waals surface area contributed by atoms with Gasteiger partial charge in [0.15, 0.2) is 0 Å². The van der Waals surface area contributed by atoms with Crippen LogP contribution in [0.2, 0.25) is 0 Å². The summed E-state index contributed by atoms with van der Waals surface area (Å²) in [6, 6.07) is 21.6. The summed E-state index contributed by atoms with van der Waals surface area (Å²) < 4.78 is 102. The number of ether oxygens (including phenoxy) is 4. The first-order valence-corrected chi connectivity index (χ1v) is 26.4. The van der Waals surface area contributed by atoms with Gasteiger partial charge in [-0.25, -0.2) is 22.8 Å². The summed E-state index contributed by atoms with van der Waals surface area (Å²) in [5.74, 6) is -1.37. The van der Waals surface area contributed by atoms with Crippen LogP contribution in [0.4, 0.5) is 37.4 Å². The van der Waals surface area contributed by atoms with Gasteiger partial charge in [-0.1, -0.05) is 89.2 Å². The number of carbonyl (C=O) groups excluding carboxylic acids is 3. The van der Waals surface area contributed by atoms with Crippen molar-refractivity contribution in [3.63, 3.8) is 0 Å². The number of alkyl halides is 5. The van der Waals surface area contributed by atoms with Crippen LogP contribution in [0, 0.1) is 6.57 Å². The Hall–Kier alpha value is -5.70. The quantitative estimate of drug-likeness (QED) is 0.0835. The summed E-state index contributed by atoms with van der Waals surface area (Å²) in [6.07, 6.45) is -5.53. The summed E-state index contributed by atoms with van der Waals surface area (Å²) >= 11 is 3.38. The fourth-order valence-electron chi connectivity index (χ4n) is 8.82. The SMILES string of the molecule is CC(C)(C)OC(=O)N1[C@H](CF)[C@@H](c2ccc(B3OC(C)(C)C(C)(C)O3)cc2)OC1(C)C.CC(C)(C)OC(=O)N1[C@H](CF)[C@@H](c2ccc(Br)cc2)OC1(C)C.[C-]#[N+]c1ccc(-c2ccc([C@@H](O)[C@@H](CF)NC(=O)C(F)F)cc2)cn1. The molecule has 0 unspecified atom stereocenters. The van der Waals surface area contributed by atoms with Gasteiger partial charge in [0, 0.05) is 10.0 Å². The predicted octanol–water partition coefficient (Wildman–Crippen LogP) is 12.3. The maximum Gasteiger partial charge on any atom is 0.494 e. The van der Waals surface area contributed by atoms with Crippen LogP contribution in [0.15, 0.2) is 95.6 Å². The number of benzene rings is 3. The number of hydrogen-bond acceptors (Lipinski definition) is 11. The molecule has 3 aliphatic heterocycles. The van der Waals surface area contributed by atoms with Crippen molar-refractivity contribution in [3.05, 3.63) is 124 Å². The number of hydrogen-bond donors (Lipinski definition) is 2. The first-order chi connectivity index (χ1) is 36.6. The summed E-state index contributed by atoms with van der Waals surface area (Å²) in [6.45, 7) is 29.9. The molecule has 0 radical (unpaired) electrons. The first-order valence-electron chi connectivity index (χ1n) is 25.6. The van der Waals surface area contributed by atoms with E-state index in [1.165, 1.54) is 28.1 Å². The van der Waals surface area contributed by atoms with E-state index in [-0.39, 0.29) is 11.4 Å². The Morgan fingerprint density at radius 3 is 1.52 bits per heavy atom. The lowest BCUT2D eigenvalue weighted by Crippen LogP contribution is -2.50. The van der Waals surface area contributed by atoms with E-state index in [0.29, 0.717) is 0 Å². The van der Waals surface area contributed by atoms with Crippen molar-refractivity contribution in [2.24, 2.45) is 0 Å². The molecule has 15 nitrogen and oxygen atoms in total. The van der Waals surface area contributed by atoms with Crippen LogP contribution in [0.1, 0.15) is 132 Å². The Labute approximate surface area is 468 Å². The monoisotopic (exact) mass is 1170 g/mol. The molecule has 79 heavy (non-hydrogen) atoms. The Morgan fingerprint density at radius 2 is 1.15 bits per heavy atom. The molecule has 3 aromatic carbocycles. The van der Waals surface area contributed by atoms with E-state index < -0.39 is 122 Å². The van der Waals surface area contributed by atoms with Gasteiger partial charge >= 0.3 is 25.7 Å². The van der Waals surface area contributed by atoms with E-state index in [9.17, 15) is 41.4 Å². The van der Waals surface area contributed by atoms with E-state index in [1.54, 1.807) is 98.8 Å². The van der Waals surface area contributed by atoms with Crippen molar-refractivity contribution in [1.82, 2.24) is 20.1 Å². The zero-order valence-electron chi connectivity index (χ0n) is 47.1. The van der Waals surface area contributed by atoms with E-state index in [0.717, 1.165) is 32.2 Å². The van der Waals surface area contributed by atoms with Crippen LogP contribution in [0.3, 0.4) is 0 Å². The zero-order valence-corrected chi connectivity index (χ0v) is 48.7. The number of amides is 3. The first kappa shape index (κ1) is 64.1. The predicted molar refractivity (Wildman–Crippen MR) is 293 cm³/mol. The van der Waals surface area contributed by atoms with Gasteiger partial charge in [0.05, 0.1) is 29.3 Å². The minimum atomic E-state index is -3.28. The zero-order chi connectivity index (χ0) is 59.2. The molecular formula is C57H72BBrF5N5O10. The second kappa shape index (κ2) is 25.4. The second-order valence-corrected chi connectivity index (χ2v) is 24.0. The molecule has 3 fully saturated rings. The molecule has 3 amide bonds. The molecule has 0 spiro atoms. The Balaban J connectivity index is 0.000000221. The smallest absolute Gasteiger partial charge is 0.444 e. The normalized spacial score (nSPS) is 21.7. The molecule has 6 atom stereocenters. The second-order valence-electron chi connectivity index (χ2n) is 23.1. The van der Waals surface area contributed by atoms with Crippen molar-refractivity contribution in [1.29, 1.82) is 0 Å². The van der Waals surface area contributed by atoms with Crippen molar-refractivity contribution in [2.45, 2.75) is 174 Å². The Morgan fingerprint density at radius 1 is 0.722 bits per heavy atom. The molecule has 3 saturated heterocycles. The van der Waals surface area contributed by atoms with Crippen LogP contribution < -0.4 is 10.8 Å². The van der Waals surface area contributed by atoms with Crippen LogP contribution in [0.25, 0.3) is 16.0 Å². The number of halogens is 6. The molecular weight excluding hydrogens is 1100 g/mol. The van der Waals surface area contributed by atoms with E-state index in [1.807, 2.05) is 76.2 Å². The highest BCUT2D eigenvalue weighted by molar-refractivity contribution is 9.10. The van der Waals surface area contributed by atoms with Crippen LogP contribution in [-0.4, -0.2) is 124 Å². The van der Waals surface area contributed by atoms with E-state index in [4.69, 9.17) is 34.8 Å². The summed E-state index contributed by atoms with van der Waals surface area (Å²) in [7, 11) is -0.477. The minimum absolute atomic E-state index is 0.261. The maximum atomic E-state index is 14.1. The average Bonchev–Trinajstić information content (AvgIpc) is 3.92. The topological polar surface area (TPSA) is 163 Å². The van der Waals surface area contributed by atoms with E-state index in [2.05, 4.69) is 25.8 Å². The van der Waals surface area contributed by atoms with Gasteiger partial charge in [0.1, 0.15) is 67.2 Å². The fraction of sp³-hybridized carbons (Fsp3) is 0.526. The lowest BCUT2D eigenvalue weighted by Gasteiger charge is -2.34. The van der Waals surface area contributed by atoms with Crippen LogP contribution >= 0.6 is 15.9 Å². The number of nitrogens with one attached hydrogen (secondary N) is 1. The molecule has 1 aromatic heterocycles. The van der Waals surface area contributed by atoms with Crippen molar-refractivity contribution >= 4 is 52.4 Å². The Kier molecular flexibility index (Phi) is 20.6. The third kappa shape index (κ3) is 16.0. The highest BCUT2D eigenvalue weighted by Gasteiger charge is 2.54. The number of aromatic nitrogens is 1. The van der Waals surface area contributed by atoms with Gasteiger partial charge in [-0.15, -0.1) is 4.98 Å². The van der Waals surface area contributed by atoms with Gasteiger partial charge < -0.3 is 43.5 Å². The third-order valence-electron chi connectivity index (χ3n) is 13.4. The standard InChI is InChI=1S/C23H35BFNO5.C17H23BrFNO3.C17H14F3N3O2/c1-20(2,3)29-19(27)26-17(14-25)18(28-23(26,8)9)15-10-12-16(13-11-15)24-30-21(4,5)22(6,7)31-24;1-16(2,3)23-15(21)20-13(10-19)14(22-17(20,4)5)11-6-8-12(18)9-7-11;1-21-14-7-6-12(9-22-14)10-2-4-11(5-3-10)15(24)13(8-18)23-17(25)16(19)20/h10-13,17-18H,14H2,1-9H3;6-9,13-14H,10H2,1-5H3;2-7,9,13,15-16,24H,8H2,(H,23,25)/t17-,18-;13-,14-;13-,15-/m111/s1. The Bertz CT molecular complexity index is 2720. The van der Waals surface area contributed by atoms with Crippen LogP contribution in [0.5, 0.6) is 0 Å². The van der Waals surface area contributed by atoms with Gasteiger partial charge in [0.2, 0.25) is 0 Å². The molecule has 0 aliphatic carbocycles. The highest BCUT2D eigenvalue weighted by Crippen LogP contribution is 2.44. The van der Waals surface area contributed by atoms with Crippen molar-refractivity contribution in [2.75, 3.05) is 20.0 Å². The molecule has 2 N–H and O–H groups in total. The molecule has 0 saturated carbocycles. The minimum Gasteiger partial charge on any atom is -0.444 e. The molecule has 4 aromatic rings. The van der Waals surface area contributed by atoms with Gasteiger partial charge in [0.25, 0.3) is 11.7 Å². The molecule has 0 bridgehead atoms. The number of rotatable bonds is 11. The molecule has 3 aliphatic rings. The number of carbonyl (C=O) groups is 3. The number of aliphatic hydroxyl groups is 1. The largest absolute Gasteiger partial charge is 0.494 e.